The molecular weight excluding hydrogens is 364 g/mol. The molecule has 0 aromatic rings. The van der Waals surface area contributed by atoms with Crippen LogP contribution < -0.4 is 0 Å². The van der Waals surface area contributed by atoms with Crippen LogP contribution in [0.3, 0.4) is 0 Å². The zero-order valence-corrected chi connectivity index (χ0v) is 17.9. The Morgan fingerprint density at radius 1 is 1.14 bits per heavy atom. The third-order valence-corrected chi connectivity index (χ3v) is 9.07. The van der Waals surface area contributed by atoms with Gasteiger partial charge >= 0.3 is 5.97 Å². The van der Waals surface area contributed by atoms with Crippen LogP contribution >= 0.6 is 0 Å². The number of esters is 1. The molecule has 158 valence electrons. The quantitative estimate of drug-likeness (QED) is 0.498. The maximum Gasteiger partial charge on any atom is 0.306 e. The number of fused-ring (bicyclic) bond motifs is 5. The van der Waals surface area contributed by atoms with Crippen LogP contribution in [0.5, 0.6) is 0 Å². The third-order valence-electron chi connectivity index (χ3n) is 9.07. The third kappa shape index (κ3) is 2.89. The molecular formula is C25H34O4. The highest BCUT2D eigenvalue weighted by Gasteiger charge is 2.66. The van der Waals surface area contributed by atoms with Crippen LogP contribution in [0.2, 0.25) is 0 Å². The number of ether oxygens (including phenoxy) is 2. The molecule has 2 saturated carbocycles. The molecule has 4 heteroatoms. The summed E-state index contributed by atoms with van der Waals surface area (Å²) in [7, 11) is 1.78. The van der Waals surface area contributed by atoms with E-state index in [1.165, 1.54) is 17.6 Å². The molecule has 1 heterocycles. The number of allylic oxidation sites excluding steroid dienone is 4. The van der Waals surface area contributed by atoms with E-state index in [0.29, 0.717) is 36.4 Å². The highest BCUT2D eigenvalue weighted by molar-refractivity contribution is 5.93. The summed E-state index contributed by atoms with van der Waals surface area (Å²) in [5.74, 6) is 2.04. The second kappa shape index (κ2) is 7.08. The summed E-state index contributed by atoms with van der Waals surface area (Å²) in [6, 6.07) is 0. The summed E-state index contributed by atoms with van der Waals surface area (Å²) in [6.45, 7) is 3.23. The van der Waals surface area contributed by atoms with Crippen molar-refractivity contribution in [3.8, 4) is 0 Å². The Morgan fingerprint density at radius 3 is 2.76 bits per heavy atom. The molecule has 0 bridgehead atoms. The molecule has 0 radical (unpaired) electrons. The summed E-state index contributed by atoms with van der Waals surface area (Å²) in [6.07, 6.45) is 12.8. The highest BCUT2D eigenvalue weighted by Crippen LogP contribution is 2.68. The Kier molecular flexibility index (Phi) is 4.77. The van der Waals surface area contributed by atoms with E-state index >= 15 is 0 Å². The topological polar surface area (TPSA) is 52.6 Å². The molecule has 0 amide bonds. The number of hydrogen-bond acceptors (Lipinski definition) is 4. The molecule has 3 fully saturated rings. The molecule has 2 unspecified atom stereocenters. The van der Waals surface area contributed by atoms with Gasteiger partial charge in [0.05, 0.1) is 0 Å². The first-order valence-corrected chi connectivity index (χ1v) is 11.6. The molecule has 5 aliphatic rings. The van der Waals surface area contributed by atoms with Crippen LogP contribution in [0.1, 0.15) is 77.6 Å². The van der Waals surface area contributed by atoms with Crippen molar-refractivity contribution in [3.63, 3.8) is 0 Å². The maximum atomic E-state index is 12.1. The second-order valence-corrected chi connectivity index (χ2v) is 10.3. The van der Waals surface area contributed by atoms with E-state index in [1.54, 1.807) is 12.7 Å². The van der Waals surface area contributed by atoms with E-state index in [2.05, 4.69) is 6.92 Å². The second-order valence-electron chi connectivity index (χ2n) is 10.3. The lowest BCUT2D eigenvalue weighted by Crippen LogP contribution is -2.52. The number of methoxy groups -OCH3 is 1. The van der Waals surface area contributed by atoms with Gasteiger partial charge in [0.2, 0.25) is 0 Å². The van der Waals surface area contributed by atoms with E-state index in [-0.39, 0.29) is 17.0 Å². The summed E-state index contributed by atoms with van der Waals surface area (Å²) in [5, 5.41) is 0. The summed E-state index contributed by atoms with van der Waals surface area (Å²) < 4.78 is 11.5. The smallest absolute Gasteiger partial charge is 0.306 e. The summed E-state index contributed by atoms with van der Waals surface area (Å²) in [4.78, 5) is 24.2. The number of hydrogen-bond donors (Lipinski definition) is 0. The Balaban J connectivity index is 1.55. The lowest BCUT2D eigenvalue weighted by atomic mass is 9.51. The van der Waals surface area contributed by atoms with Crippen LogP contribution in [0, 0.1) is 23.2 Å². The SMILES string of the molecule is COCCC[C@H]1C[C@@]2(C)C(CC[C@@]23CCC(=O)O3)C2CCC3=CC(=O)CCC3=C21. The molecule has 5 rings (SSSR count). The van der Waals surface area contributed by atoms with Gasteiger partial charge in [0, 0.05) is 32.0 Å². The minimum atomic E-state index is -0.233. The van der Waals surface area contributed by atoms with Crippen LogP contribution in [0.15, 0.2) is 22.8 Å². The lowest BCUT2D eigenvalue weighted by molar-refractivity contribution is -0.163. The van der Waals surface area contributed by atoms with E-state index in [1.807, 2.05) is 6.08 Å². The molecule has 0 aromatic carbocycles. The molecule has 4 nitrogen and oxygen atoms in total. The average Bonchev–Trinajstić information content (AvgIpc) is 3.22. The van der Waals surface area contributed by atoms with Gasteiger partial charge in [-0.25, -0.2) is 0 Å². The van der Waals surface area contributed by atoms with E-state index < -0.39 is 0 Å². The summed E-state index contributed by atoms with van der Waals surface area (Å²) in [5.41, 5.74) is 4.37. The normalized spacial score (nSPS) is 41.2. The Bertz CT molecular complexity index is 793. The van der Waals surface area contributed by atoms with Gasteiger partial charge in [0.25, 0.3) is 0 Å². The van der Waals surface area contributed by atoms with Crippen LogP contribution in [0.25, 0.3) is 0 Å². The number of ketones is 1. The number of rotatable bonds is 4. The molecule has 1 aliphatic heterocycles. The van der Waals surface area contributed by atoms with E-state index in [9.17, 15) is 9.59 Å². The monoisotopic (exact) mass is 398 g/mol. The van der Waals surface area contributed by atoms with Gasteiger partial charge in [-0.15, -0.1) is 0 Å². The summed E-state index contributed by atoms with van der Waals surface area (Å²) >= 11 is 0. The standard InChI is InChI=1S/C25H34O4/c1-24-15-17(4-3-13-28-2)23-19-8-6-18(26)14-16(19)5-7-20(23)21(24)9-11-25(24)12-10-22(27)29-25/h14,17,20-21H,3-13,15H2,1-2H3/t17-,20?,21?,24-,25+/m0/s1. The van der Waals surface area contributed by atoms with Crippen molar-refractivity contribution in [2.45, 2.75) is 83.2 Å². The molecule has 4 aliphatic carbocycles. The van der Waals surface area contributed by atoms with Gasteiger partial charge in [-0.05, 0) is 92.8 Å². The number of carbonyl (C=O) groups is 2. The first kappa shape index (κ1) is 19.5. The van der Waals surface area contributed by atoms with Crippen molar-refractivity contribution < 1.29 is 19.1 Å². The molecule has 1 saturated heterocycles. The Morgan fingerprint density at radius 2 is 2.00 bits per heavy atom. The van der Waals surface area contributed by atoms with Crippen molar-refractivity contribution >= 4 is 11.8 Å². The van der Waals surface area contributed by atoms with Gasteiger partial charge in [0.1, 0.15) is 5.60 Å². The van der Waals surface area contributed by atoms with Gasteiger partial charge in [-0.1, -0.05) is 12.5 Å². The van der Waals surface area contributed by atoms with Crippen molar-refractivity contribution in [1.82, 2.24) is 0 Å². The first-order valence-electron chi connectivity index (χ1n) is 11.6. The maximum absolute atomic E-state index is 12.1. The largest absolute Gasteiger partial charge is 0.458 e. The van der Waals surface area contributed by atoms with Crippen LogP contribution in [-0.2, 0) is 19.1 Å². The zero-order valence-electron chi connectivity index (χ0n) is 17.9. The Labute approximate surface area is 174 Å². The zero-order chi connectivity index (χ0) is 20.2. The van der Waals surface area contributed by atoms with Gasteiger partial charge in [-0.2, -0.15) is 0 Å². The molecule has 29 heavy (non-hydrogen) atoms. The fourth-order valence-electron chi connectivity index (χ4n) is 7.84. The predicted molar refractivity (Wildman–Crippen MR) is 110 cm³/mol. The van der Waals surface area contributed by atoms with Crippen molar-refractivity contribution in [3.05, 3.63) is 22.8 Å². The van der Waals surface area contributed by atoms with Gasteiger partial charge in [-0.3, -0.25) is 9.59 Å². The predicted octanol–water partition coefficient (Wildman–Crippen LogP) is 4.92. The lowest BCUT2D eigenvalue weighted by Gasteiger charge is -2.54. The minimum absolute atomic E-state index is 0.00613. The van der Waals surface area contributed by atoms with E-state index in [4.69, 9.17) is 9.47 Å². The first-order chi connectivity index (χ1) is 14.0. The molecule has 0 aromatic heterocycles. The van der Waals surface area contributed by atoms with Gasteiger partial charge in [0.15, 0.2) is 5.78 Å². The number of carbonyl (C=O) groups excluding carboxylic acids is 2. The fourth-order valence-corrected chi connectivity index (χ4v) is 7.84. The van der Waals surface area contributed by atoms with Crippen molar-refractivity contribution in [1.29, 1.82) is 0 Å². The highest BCUT2D eigenvalue weighted by atomic mass is 16.6. The van der Waals surface area contributed by atoms with Crippen molar-refractivity contribution in [2.24, 2.45) is 23.2 Å². The minimum Gasteiger partial charge on any atom is -0.458 e. The molecule has 0 N–H and O–H groups in total. The average molecular weight is 399 g/mol. The van der Waals surface area contributed by atoms with E-state index in [0.717, 1.165) is 58.0 Å². The van der Waals surface area contributed by atoms with Crippen LogP contribution in [-0.4, -0.2) is 31.1 Å². The van der Waals surface area contributed by atoms with Crippen LogP contribution in [0.4, 0.5) is 0 Å². The molecule has 1 spiro atoms. The Hall–Kier alpha value is -1.42. The molecule has 5 atom stereocenters. The van der Waals surface area contributed by atoms with Gasteiger partial charge < -0.3 is 9.47 Å². The fraction of sp³-hybridized carbons (Fsp3) is 0.760. The van der Waals surface area contributed by atoms with Crippen molar-refractivity contribution in [2.75, 3.05) is 13.7 Å².